The molecule has 13 heavy (non-hydrogen) atoms. The molecule has 76 valence electrons. The van der Waals surface area contributed by atoms with Gasteiger partial charge in [-0.2, -0.15) is 0 Å². The van der Waals surface area contributed by atoms with E-state index < -0.39 is 17.4 Å². The molecule has 0 aromatic heterocycles. The second kappa shape index (κ2) is 4.43. The van der Waals surface area contributed by atoms with Crippen LogP contribution in [-0.2, 0) is 9.59 Å². The number of hydrogen-bond acceptors (Lipinski definition) is 3. The Balaban J connectivity index is 0.00000144. The summed E-state index contributed by atoms with van der Waals surface area (Å²) in [5, 5.41) is 20.2. The molecule has 6 heteroatoms. The van der Waals surface area contributed by atoms with Crippen molar-refractivity contribution in [2.45, 2.75) is 12.8 Å². The van der Waals surface area contributed by atoms with E-state index in [2.05, 4.69) is 5.32 Å². The van der Waals surface area contributed by atoms with E-state index in [-0.39, 0.29) is 25.4 Å². The van der Waals surface area contributed by atoms with Crippen molar-refractivity contribution in [3.63, 3.8) is 0 Å². The van der Waals surface area contributed by atoms with Crippen LogP contribution in [0.1, 0.15) is 12.8 Å². The van der Waals surface area contributed by atoms with Crippen LogP contribution >= 0.6 is 12.4 Å². The lowest BCUT2D eigenvalue weighted by atomic mass is 9.84. The van der Waals surface area contributed by atoms with Crippen molar-refractivity contribution in [1.82, 2.24) is 5.32 Å². The lowest BCUT2D eigenvalue weighted by molar-refractivity contribution is -0.154. The molecule has 0 bridgehead atoms. The van der Waals surface area contributed by atoms with Crippen molar-refractivity contribution in [3.8, 4) is 0 Å². The number of halogens is 1. The van der Waals surface area contributed by atoms with Gasteiger partial charge in [-0.1, -0.05) is 0 Å². The molecule has 0 spiro atoms. The molecule has 0 aliphatic carbocycles. The van der Waals surface area contributed by atoms with E-state index in [4.69, 9.17) is 10.2 Å². The van der Waals surface area contributed by atoms with Crippen LogP contribution < -0.4 is 5.32 Å². The molecule has 1 aliphatic rings. The highest BCUT2D eigenvalue weighted by atomic mass is 35.5. The van der Waals surface area contributed by atoms with Crippen LogP contribution in [-0.4, -0.2) is 35.2 Å². The van der Waals surface area contributed by atoms with Gasteiger partial charge in [0.1, 0.15) is 0 Å². The number of carbonyl (C=O) groups is 2. The first-order chi connectivity index (χ1) is 5.57. The Hall–Kier alpha value is -0.810. The Kier molecular flexibility index (Phi) is 4.16. The van der Waals surface area contributed by atoms with Crippen molar-refractivity contribution in [2.75, 3.05) is 13.1 Å². The molecule has 1 aliphatic heterocycles. The Bertz CT molecular complexity index is 213. The minimum absolute atomic E-state index is 0. The fourth-order valence-corrected chi connectivity index (χ4v) is 1.44. The summed E-state index contributed by atoms with van der Waals surface area (Å²) in [4.78, 5) is 21.1. The Morgan fingerprint density at radius 1 is 1.38 bits per heavy atom. The van der Waals surface area contributed by atoms with Gasteiger partial charge in [0.25, 0.3) is 0 Å². The molecule has 5 nitrogen and oxygen atoms in total. The number of rotatable bonds is 3. The maximum atomic E-state index is 10.8. The molecule has 0 saturated carbocycles. The van der Waals surface area contributed by atoms with Crippen molar-refractivity contribution in [2.24, 2.45) is 5.41 Å². The van der Waals surface area contributed by atoms with Gasteiger partial charge in [0, 0.05) is 6.54 Å². The van der Waals surface area contributed by atoms with Crippen molar-refractivity contribution in [1.29, 1.82) is 0 Å². The summed E-state index contributed by atoms with van der Waals surface area (Å²) in [5.41, 5.74) is -1.08. The minimum Gasteiger partial charge on any atom is -0.481 e. The van der Waals surface area contributed by atoms with E-state index in [1.54, 1.807) is 0 Å². The second-order valence-electron chi connectivity index (χ2n) is 3.08. The number of nitrogens with one attached hydrogen (secondary N) is 1. The average molecular weight is 210 g/mol. The SMILES string of the molecule is Cl.O=C(O)CC1(C(=O)O)CCNC1. The molecule has 1 atom stereocenters. The molecule has 0 aromatic rings. The van der Waals surface area contributed by atoms with E-state index in [9.17, 15) is 9.59 Å². The third kappa shape index (κ3) is 2.57. The number of carboxylic acids is 2. The monoisotopic (exact) mass is 209 g/mol. The smallest absolute Gasteiger partial charge is 0.311 e. The summed E-state index contributed by atoms with van der Waals surface area (Å²) in [6.45, 7) is 0.841. The van der Waals surface area contributed by atoms with Gasteiger partial charge in [-0.3, -0.25) is 9.59 Å². The molecule has 0 amide bonds. The average Bonchev–Trinajstić information content (AvgIpc) is 2.35. The van der Waals surface area contributed by atoms with Gasteiger partial charge in [-0.15, -0.1) is 12.4 Å². The summed E-state index contributed by atoms with van der Waals surface area (Å²) < 4.78 is 0. The van der Waals surface area contributed by atoms with Crippen LogP contribution in [0.5, 0.6) is 0 Å². The summed E-state index contributed by atoms with van der Waals surface area (Å²) >= 11 is 0. The largest absolute Gasteiger partial charge is 0.481 e. The third-order valence-electron chi connectivity index (χ3n) is 2.19. The van der Waals surface area contributed by atoms with Crippen molar-refractivity contribution >= 4 is 24.3 Å². The van der Waals surface area contributed by atoms with Crippen LogP contribution in [0.15, 0.2) is 0 Å². The molecule has 0 radical (unpaired) electrons. The molecule has 0 aromatic carbocycles. The lowest BCUT2D eigenvalue weighted by Gasteiger charge is -2.19. The molecular weight excluding hydrogens is 198 g/mol. The van der Waals surface area contributed by atoms with Gasteiger partial charge in [-0.05, 0) is 13.0 Å². The van der Waals surface area contributed by atoms with Crippen LogP contribution in [0.2, 0.25) is 0 Å². The first-order valence-corrected chi connectivity index (χ1v) is 3.73. The van der Waals surface area contributed by atoms with Crippen molar-refractivity contribution < 1.29 is 19.8 Å². The predicted octanol–water partition coefficient (Wildman–Crippen LogP) is -0.0528. The third-order valence-corrected chi connectivity index (χ3v) is 2.19. The van der Waals surface area contributed by atoms with Gasteiger partial charge in [-0.25, -0.2) is 0 Å². The zero-order chi connectivity index (χ0) is 9.19. The topological polar surface area (TPSA) is 86.6 Å². The van der Waals surface area contributed by atoms with Crippen molar-refractivity contribution in [3.05, 3.63) is 0 Å². The van der Waals surface area contributed by atoms with E-state index in [1.165, 1.54) is 0 Å². The quantitative estimate of drug-likeness (QED) is 0.607. The molecule has 1 heterocycles. The van der Waals surface area contributed by atoms with Gasteiger partial charge in [0.15, 0.2) is 0 Å². The first-order valence-electron chi connectivity index (χ1n) is 3.73. The fraction of sp³-hybridized carbons (Fsp3) is 0.714. The van der Waals surface area contributed by atoms with Gasteiger partial charge < -0.3 is 15.5 Å². The highest BCUT2D eigenvalue weighted by Crippen LogP contribution is 2.29. The van der Waals surface area contributed by atoms with Crippen LogP contribution in [0, 0.1) is 5.41 Å². The van der Waals surface area contributed by atoms with Crippen LogP contribution in [0.3, 0.4) is 0 Å². The van der Waals surface area contributed by atoms with Crippen LogP contribution in [0.4, 0.5) is 0 Å². The normalized spacial score (nSPS) is 26.5. The van der Waals surface area contributed by atoms with E-state index in [1.807, 2.05) is 0 Å². The maximum Gasteiger partial charge on any atom is 0.311 e. The number of aliphatic carboxylic acids is 2. The molecule has 1 fully saturated rings. The Labute approximate surface area is 81.5 Å². The van der Waals surface area contributed by atoms with Gasteiger partial charge in [0.2, 0.25) is 0 Å². The lowest BCUT2D eigenvalue weighted by Crippen LogP contribution is -2.35. The highest BCUT2D eigenvalue weighted by Gasteiger charge is 2.43. The van der Waals surface area contributed by atoms with E-state index in [0.717, 1.165) is 0 Å². The predicted molar refractivity (Wildman–Crippen MR) is 47.1 cm³/mol. The summed E-state index contributed by atoms with van der Waals surface area (Å²) in [7, 11) is 0. The van der Waals surface area contributed by atoms with E-state index >= 15 is 0 Å². The first kappa shape index (κ1) is 12.2. The summed E-state index contributed by atoms with van der Waals surface area (Å²) in [6.07, 6.45) is 0.101. The van der Waals surface area contributed by atoms with E-state index in [0.29, 0.717) is 13.0 Å². The number of hydrogen-bond donors (Lipinski definition) is 3. The van der Waals surface area contributed by atoms with Gasteiger partial charge >= 0.3 is 11.9 Å². The molecular formula is C7H12ClNO4. The highest BCUT2D eigenvalue weighted by molar-refractivity contribution is 5.85. The number of carboxylic acid groups (broad SMARTS) is 2. The Morgan fingerprint density at radius 3 is 2.31 bits per heavy atom. The van der Waals surface area contributed by atoms with Crippen LogP contribution in [0.25, 0.3) is 0 Å². The summed E-state index contributed by atoms with van der Waals surface area (Å²) in [6, 6.07) is 0. The Morgan fingerprint density at radius 2 is 2.00 bits per heavy atom. The molecule has 1 unspecified atom stereocenters. The van der Waals surface area contributed by atoms with Gasteiger partial charge in [0.05, 0.1) is 11.8 Å². The fourth-order valence-electron chi connectivity index (χ4n) is 1.44. The standard InChI is InChI=1S/C7H11NO4.ClH/c9-5(10)3-7(6(11)12)1-2-8-4-7;/h8H,1-4H2,(H,9,10)(H,11,12);1H. The minimum atomic E-state index is -1.08. The zero-order valence-electron chi connectivity index (χ0n) is 6.95. The molecule has 3 N–H and O–H groups in total. The summed E-state index contributed by atoms with van der Waals surface area (Å²) in [5.74, 6) is -2.07. The maximum absolute atomic E-state index is 10.8. The second-order valence-corrected chi connectivity index (χ2v) is 3.08. The zero-order valence-corrected chi connectivity index (χ0v) is 7.76. The molecule has 1 rings (SSSR count). The molecule has 1 saturated heterocycles.